The SMILES string of the molecule is CNC(=O)C1CN(Cc2ccc(OCc3ccc(OC)c(C#N)c3)cc2C)C1. The van der Waals surface area contributed by atoms with E-state index in [9.17, 15) is 10.1 Å². The standard InChI is InChI=1S/C22H25N3O3/c1-15-8-20(28-14-16-4-7-21(27-3)18(9-16)10-23)6-5-17(15)11-25-12-19(13-25)22(26)24-2/h4-9,19H,11-14H2,1-3H3,(H,24,26). The summed E-state index contributed by atoms with van der Waals surface area (Å²) in [7, 11) is 3.23. The van der Waals surface area contributed by atoms with Crippen LogP contribution in [0.3, 0.4) is 0 Å². The molecule has 28 heavy (non-hydrogen) atoms. The van der Waals surface area contributed by atoms with Crippen LogP contribution < -0.4 is 14.8 Å². The van der Waals surface area contributed by atoms with E-state index in [2.05, 4.69) is 29.3 Å². The van der Waals surface area contributed by atoms with Gasteiger partial charge in [0.1, 0.15) is 24.2 Å². The Morgan fingerprint density at radius 3 is 2.71 bits per heavy atom. The zero-order valence-electron chi connectivity index (χ0n) is 16.5. The van der Waals surface area contributed by atoms with Gasteiger partial charge in [0, 0.05) is 26.7 Å². The van der Waals surface area contributed by atoms with Crippen LogP contribution in [0, 0.1) is 24.2 Å². The Kier molecular flexibility index (Phi) is 6.17. The van der Waals surface area contributed by atoms with Crippen molar-refractivity contribution in [3.05, 3.63) is 58.7 Å². The molecular weight excluding hydrogens is 354 g/mol. The molecule has 1 saturated heterocycles. The number of benzene rings is 2. The third-order valence-electron chi connectivity index (χ3n) is 5.07. The van der Waals surface area contributed by atoms with Crippen molar-refractivity contribution in [1.82, 2.24) is 10.2 Å². The predicted molar refractivity (Wildman–Crippen MR) is 106 cm³/mol. The molecule has 0 bridgehead atoms. The highest BCUT2D eigenvalue weighted by Crippen LogP contribution is 2.24. The summed E-state index contributed by atoms with van der Waals surface area (Å²) in [4.78, 5) is 13.9. The molecule has 1 aliphatic heterocycles. The topological polar surface area (TPSA) is 74.6 Å². The van der Waals surface area contributed by atoms with E-state index in [1.807, 2.05) is 18.2 Å². The second kappa shape index (κ2) is 8.77. The number of amides is 1. The van der Waals surface area contributed by atoms with Crippen molar-refractivity contribution in [2.45, 2.75) is 20.1 Å². The van der Waals surface area contributed by atoms with Crippen molar-refractivity contribution in [3.8, 4) is 17.6 Å². The summed E-state index contributed by atoms with van der Waals surface area (Å²) in [5.41, 5.74) is 3.81. The first-order valence-electron chi connectivity index (χ1n) is 9.27. The van der Waals surface area contributed by atoms with E-state index in [0.717, 1.165) is 36.5 Å². The molecule has 3 rings (SSSR count). The molecule has 1 N–H and O–H groups in total. The normalized spacial score (nSPS) is 14.1. The van der Waals surface area contributed by atoms with Crippen LogP contribution in [0.1, 0.15) is 22.3 Å². The molecule has 0 aromatic heterocycles. The van der Waals surface area contributed by atoms with E-state index in [1.54, 1.807) is 26.3 Å². The maximum absolute atomic E-state index is 11.6. The largest absolute Gasteiger partial charge is 0.495 e. The minimum absolute atomic E-state index is 0.107. The third-order valence-corrected chi connectivity index (χ3v) is 5.07. The Balaban J connectivity index is 1.56. The molecule has 0 aliphatic carbocycles. The molecule has 6 nitrogen and oxygen atoms in total. The fourth-order valence-electron chi connectivity index (χ4n) is 3.34. The summed E-state index contributed by atoms with van der Waals surface area (Å²) >= 11 is 0. The summed E-state index contributed by atoms with van der Waals surface area (Å²) in [6.45, 7) is 4.90. The van der Waals surface area contributed by atoms with Gasteiger partial charge in [-0.05, 0) is 47.9 Å². The lowest BCUT2D eigenvalue weighted by Gasteiger charge is -2.38. The number of carbonyl (C=O) groups excluding carboxylic acids is 1. The summed E-state index contributed by atoms with van der Waals surface area (Å²) in [6.07, 6.45) is 0. The third kappa shape index (κ3) is 4.44. The minimum Gasteiger partial charge on any atom is -0.495 e. The Labute approximate surface area is 165 Å². The van der Waals surface area contributed by atoms with E-state index < -0.39 is 0 Å². The lowest BCUT2D eigenvalue weighted by Crippen LogP contribution is -2.52. The van der Waals surface area contributed by atoms with Gasteiger partial charge in [0.2, 0.25) is 5.91 Å². The average molecular weight is 379 g/mol. The van der Waals surface area contributed by atoms with E-state index in [1.165, 1.54) is 5.56 Å². The molecule has 1 heterocycles. The van der Waals surface area contributed by atoms with Crippen LogP contribution in [0.15, 0.2) is 36.4 Å². The lowest BCUT2D eigenvalue weighted by molar-refractivity contribution is -0.129. The summed E-state index contributed by atoms with van der Waals surface area (Å²) < 4.78 is 11.1. The molecule has 146 valence electrons. The number of nitrogens with zero attached hydrogens (tertiary/aromatic N) is 2. The molecule has 1 fully saturated rings. The lowest BCUT2D eigenvalue weighted by atomic mass is 9.97. The van der Waals surface area contributed by atoms with Crippen LogP contribution in [0.25, 0.3) is 0 Å². The second-order valence-corrected chi connectivity index (χ2v) is 7.03. The van der Waals surface area contributed by atoms with Crippen molar-refractivity contribution in [2.75, 3.05) is 27.2 Å². The number of aryl methyl sites for hydroxylation is 1. The predicted octanol–water partition coefficient (Wildman–Crippen LogP) is 2.63. The number of hydrogen-bond donors (Lipinski definition) is 1. The molecular formula is C22H25N3O3. The molecule has 6 heteroatoms. The fraction of sp³-hybridized carbons (Fsp3) is 0.364. The molecule has 0 saturated carbocycles. The quantitative estimate of drug-likeness (QED) is 0.800. The Morgan fingerprint density at radius 2 is 2.07 bits per heavy atom. The van der Waals surface area contributed by atoms with Gasteiger partial charge >= 0.3 is 0 Å². The molecule has 1 amide bonds. The Hall–Kier alpha value is -3.04. The van der Waals surface area contributed by atoms with Gasteiger partial charge < -0.3 is 14.8 Å². The van der Waals surface area contributed by atoms with E-state index >= 15 is 0 Å². The highest BCUT2D eigenvalue weighted by molar-refractivity contribution is 5.79. The van der Waals surface area contributed by atoms with Crippen molar-refractivity contribution in [3.63, 3.8) is 0 Å². The molecule has 0 unspecified atom stereocenters. The first-order valence-corrected chi connectivity index (χ1v) is 9.27. The van der Waals surface area contributed by atoms with Crippen molar-refractivity contribution in [1.29, 1.82) is 5.26 Å². The Bertz CT molecular complexity index is 898. The van der Waals surface area contributed by atoms with Gasteiger partial charge in [-0.15, -0.1) is 0 Å². The number of nitrogens with one attached hydrogen (secondary N) is 1. The number of methoxy groups -OCH3 is 1. The zero-order chi connectivity index (χ0) is 20.1. The smallest absolute Gasteiger partial charge is 0.225 e. The minimum atomic E-state index is 0.107. The highest BCUT2D eigenvalue weighted by atomic mass is 16.5. The van der Waals surface area contributed by atoms with Gasteiger partial charge in [-0.1, -0.05) is 12.1 Å². The van der Waals surface area contributed by atoms with E-state index in [-0.39, 0.29) is 11.8 Å². The zero-order valence-corrected chi connectivity index (χ0v) is 16.5. The fourth-order valence-corrected chi connectivity index (χ4v) is 3.34. The van der Waals surface area contributed by atoms with Gasteiger partial charge in [0.25, 0.3) is 0 Å². The average Bonchev–Trinajstić information content (AvgIpc) is 2.69. The van der Waals surface area contributed by atoms with Crippen LogP contribution >= 0.6 is 0 Å². The number of rotatable bonds is 7. The van der Waals surface area contributed by atoms with Crippen LogP contribution in [-0.4, -0.2) is 38.1 Å². The van der Waals surface area contributed by atoms with Gasteiger partial charge in [-0.25, -0.2) is 0 Å². The van der Waals surface area contributed by atoms with Crippen molar-refractivity contribution in [2.24, 2.45) is 5.92 Å². The molecule has 2 aromatic rings. The molecule has 0 spiro atoms. The summed E-state index contributed by atoms with van der Waals surface area (Å²) in [6, 6.07) is 13.7. The molecule has 0 radical (unpaired) electrons. The van der Waals surface area contributed by atoms with Gasteiger partial charge in [0.05, 0.1) is 18.6 Å². The Morgan fingerprint density at radius 1 is 1.29 bits per heavy atom. The molecule has 2 aromatic carbocycles. The van der Waals surface area contributed by atoms with Crippen LogP contribution in [0.4, 0.5) is 0 Å². The van der Waals surface area contributed by atoms with Crippen LogP contribution in [-0.2, 0) is 17.9 Å². The first kappa shape index (κ1) is 19.7. The molecule has 1 aliphatic rings. The van der Waals surface area contributed by atoms with Gasteiger partial charge in [-0.2, -0.15) is 5.26 Å². The number of likely N-dealkylation sites (tertiary alicyclic amines) is 1. The van der Waals surface area contributed by atoms with Gasteiger partial charge in [0.15, 0.2) is 0 Å². The maximum atomic E-state index is 11.6. The monoisotopic (exact) mass is 379 g/mol. The molecule has 0 atom stereocenters. The van der Waals surface area contributed by atoms with Crippen molar-refractivity contribution >= 4 is 5.91 Å². The number of ether oxygens (including phenoxy) is 2. The second-order valence-electron chi connectivity index (χ2n) is 7.03. The van der Waals surface area contributed by atoms with Crippen molar-refractivity contribution < 1.29 is 14.3 Å². The van der Waals surface area contributed by atoms with E-state index in [4.69, 9.17) is 9.47 Å². The van der Waals surface area contributed by atoms with E-state index in [0.29, 0.717) is 17.9 Å². The summed E-state index contributed by atoms with van der Waals surface area (Å²) in [5.74, 6) is 1.59. The maximum Gasteiger partial charge on any atom is 0.225 e. The first-order chi connectivity index (χ1) is 13.5. The number of carbonyl (C=O) groups is 1. The van der Waals surface area contributed by atoms with Gasteiger partial charge in [-0.3, -0.25) is 9.69 Å². The van der Waals surface area contributed by atoms with Crippen LogP contribution in [0.2, 0.25) is 0 Å². The highest BCUT2D eigenvalue weighted by Gasteiger charge is 2.31. The number of nitriles is 1. The summed E-state index contributed by atoms with van der Waals surface area (Å²) in [5, 5.41) is 11.9. The number of hydrogen-bond acceptors (Lipinski definition) is 5. The van der Waals surface area contributed by atoms with Crippen LogP contribution in [0.5, 0.6) is 11.5 Å².